The molecule has 0 saturated carbocycles. The zero-order valence-corrected chi connectivity index (χ0v) is 24.6. The Morgan fingerprint density at radius 3 is 2.02 bits per heavy atom. The topological polar surface area (TPSA) is 85.9 Å². The number of hydrogen-bond donors (Lipinski definition) is 2. The molecule has 0 bridgehead atoms. The Morgan fingerprint density at radius 2 is 1.39 bits per heavy atom. The Morgan fingerprint density at radius 1 is 0.756 bits per heavy atom. The summed E-state index contributed by atoms with van der Waals surface area (Å²) in [5, 5.41) is 5.73. The number of para-hydroxylation sites is 1. The molecule has 0 radical (unpaired) electrons. The summed E-state index contributed by atoms with van der Waals surface area (Å²) in [4.78, 5) is 25.5. The first kappa shape index (κ1) is 30.1. The zero-order chi connectivity index (χ0) is 29.2. The van der Waals surface area contributed by atoms with Crippen molar-refractivity contribution in [2.24, 2.45) is 0 Å². The van der Waals surface area contributed by atoms with E-state index in [1.165, 1.54) is 11.1 Å². The van der Waals surface area contributed by atoms with Gasteiger partial charge in [0, 0.05) is 23.6 Å². The summed E-state index contributed by atoms with van der Waals surface area (Å²) in [6, 6.07) is 22.0. The van der Waals surface area contributed by atoms with Crippen LogP contribution < -0.4 is 10.6 Å². The molecular formula is C34H42N2O5. The van der Waals surface area contributed by atoms with Gasteiger partial charge >= 0.3 is 12.2 Å². The second kappa shape index (κ2) is 14.2. The fourth-order valence-electron chi connectivity index (χ4n) is 5.02. The molecule has 1 aliphatic carbocycles. The predicted octanol–water partition coefficient (Wildman–Crippen LogP) is 8.17. The average molecular weight is 559 g/mol. The first-order valence-corrected chi connectivity index (χ1v) is 14.5. The van der Waals surface area contributed by atoms with Gasteiger partial charge in [0.05, 0.1) is 17.9 Å². The third-order valence-electron chi connectivity index (χ3n) is 7.13. The van der Waals surface area contributed by atoms with Crippen LogP contribution in [0.4, 0.5) is 15.3 Å². The maximum atomic E-state index is 13.2. The number of alkyl carbamates (subject to hydrolysis) is 1. The van der Waals surface area contributed by atoms with E-state index >= 15 is 0 Å². The van der Waals surface area contributed by atoms with Crippen molar-refractivity contribution in [1.29, 1.82) is 0 Å². The number of benzene rings is 3. The molecule has 7 nitrogen and oxygen atoms in total. The van der Waals surface area contributed by atoms with Gasteiger partial charge in [-0.1, -0.05) is 92.9 Å². The standard InChI is InChI=1S/C34H42N2O5/c1-5-6-7-12-20-35-32(37)39-21-24-14-13-15-25(22-41-34(2,3)4)31(24)36-33(38)40-23-30-28-18-10-8-16-26(28)27-17-9-11-19-29(27)30/h8-11,13-19,30H,5-7,12,20-23H2,1-4H3,(H,35,37)(H,36,38). The number of fused-ring (bicyclic) bond motifs is 3. The predicted molar refractivity (Wildman–Crippen MR) is 162 cm³/mol. The maximum Gasteiger partial charge on any atom is 0.411 e. The van der Waals surface area contributed by atoms with Crippen molar-refractivity contribution < 1.29 is 23.8 Å². The van der Waals surface area contributed by atoms with Gasteiger partial charge < -0.3 is 19.5 Å². The lowest BCUT2D eigenvalue weighted by Gasteiger charge is -2.22. The van der Waals surface area contributed by atoms with E-state index in [1.54, 1.807) is 0 Å². The summed E-state index contributed by atoms with van der Waals surface area (Å²) >= 11 is 0. The number of rotatable bonds is 12. The van der Waals surface area contributed by atoms with Crippen molar-refractivity contribution >= 4 is 17.9 Å². The van der Waals surface area contributed by atoms with E-state index in [-0.39, 0.29) is 31.3 Å². The van der Waals surface area contributed by atoms with Gasteiger partial charge in [0.1, 0.15) is 13.2 Å². The molecule has 1 aliphatic rings. The van der Waals surface area contributed by atoms with E-state index in [1.807, 2.05) is 63.2 Å². The number of hydrogen-bond acceptors (Lipinski definition) is 5. The molecule has 0 fully saturated rings. The van der Waals surface area contributed by atoms with Gasteiger partial charge in [0.15, 0.2) is 0 Å². The Kier molecular flexibility index (Phi) is 10.4. The van der Waals surface area contributed by atoms with Gasteiger partial charge in [-0.15, -0.1) is 0 Å². The van der Waals surface area contributed by atoms with Crippen molar-refractivity contribution in [3.05, 3.63) is 89.0 Å². The SMILES string of the molecule is CCCCCCNC(=O)OCc1cccc(COC(C)(C)C)c1NC(=O)OCC1c2ccccc2-c2ccccc21. The molecule has 0 aliphatic heterocycles. The first-order valence-electron chi connectivity index (χ1n) is 14.5. The average Bonchev–Trinajstić information content (AvgIpc) is 3.27. The molecule has 0 aromatic heterocycles. The fourth-order valence-corrected chi connectivity index (χ4v) is 5.02. The van der Waals surface area contributed by atoms with E-state index in [0.29, 0.717) is 17.8 Å². The lowest BCUT2D eigenvalue weighted by molar-refractivity contribution is -0.0147. The minimum atomic E-state index is -0.573. The van der Waals surface area contributed by atoms with Crippen molar-refractivity contribution in [3.63, 3.8) is 0 Å². The molecular weight excluding hydrogens is 516 g/mol. The second-order valence-corrected chi connectivity index (χ2v) is 11.4. The minimum Gasteiger partial charge on any atom is -0.448 e. The van der Waals surface area contributed by atoms with Gasteiger partial charge in [-0.05, 0) is 49.4 Å². The largest absolute Gasteiger partial charge is 0.448 e. The normalized spacial score (nSPS) is 12.4. The molecule has 0 unspecified atom stereocenters. The fraction of sp³-hybridized carbons (Fsp3) is 0.412. The number of amides is 2. The molecule has 2 N–H and O–H groups in total. The van der Waals surface area contributed by atoms with Crippen LogP contribution in [-0.4, -0.2) is 30.9 Å². The minimum absolute atomic E-state index is 0.00312. The molecule has 0 saturated heterocycles. The van der Waals surface area contributed by atoms with Gasteiger partial charge in [0.2, 0.25) is 0 Å². The van der Waals surface area contributed by atoms with E-state index in [9.17, 15) is 9.59 Å². The summed E-state index contributed by atoms with van der Waals surface area (Å²) < 4.78 is 17.3. The lowest BCUT2D eigenvalue weighted by Crippen LogP contribution is -2.26. The molecule has 4 rings (SSSR count). The first-order chi connectivity index (χ1) is 19.8. The van der Waals surface area contributed by atoms with Gasteiger partial charge in [-0.25, -0.2) is 9.59 Å². The Bertz CT molecular complexity index is 1290. The molecule has 0 spiro atoms. The van der Waals surface area contributed by atoms with Crippen LogP contribution in [0.2, 0.25) is 0 Å². The lowest BCUT2D eigenvalue weighted by atomic mass is 9.98. The number of anilines is 1. The van der Waals surface area contributed by atoms with Crippen molar-refractivity contribution in [2.75, 3.05) is 18.5 Å². The Hall–Kier alpha value is -3.84. The number of unbranched alkanes of at least 4 members (excludes halogenated alkanes) is 3. The number of nitrogens with one attached hydrogen (secondary N) is 2. The summed E-state index contributed by atoms with van der Waals surface area (Å²) in [6.07, 6.45) is 3.21. The van der Waals surface area contributed by atoms with Crippen LogP contribution in [0, 0.1) is 0 Å². The Balaban J connectivity index is 1.44. The van der Waals surface area contributed by atoms with Gasteiger partial charge in [0.25, 0.3) is 0 Å². The highest BCUT2D eigenvalue weighted by Gasteiger charge is 2.29. The van der Waals surface area contributed by atoms with Crippen LogP contribution in [0.5, 0.6) is 0 Å². The van der Waals surface area contributed by atoms with Crippen LogP contribution in [0.1, 0.15) is 81.5 Å². The van der Waals surface area contributed by atoms with Crippen LogP contribution in [0.15, 0.2) is 66.7 Å². The zero-order valence-electron chi connectivity index (χ0n) is 24.6. The van der Waals surface area contributed by atoms with Crippen LogP contribution in [-0.2, 0) is 27.4 Å². The molecule has 218 valence electrons. The number of ether oxygens (including phenoxy) is 3. The molecule has 0 heterocycles. The highest BCUT2D eigenvalue weighted by atomic mass is 16.6. The molecule has 2 amide bonds. The maximum absolute atomic E-state index is 13.2. The van der Waals surface area contributed by atoms with Crippen LogP contribution in [0.25, 0.3) is 11.1 Å². The summed E-state index contributed by atoms with van der Waals surface area (Å²) in [7, 11) is 0. The molecule has 0 atom stereocenters. The van der Waals surface area contributed by atoms with E-state index in [2.05, 4.69) is 41.8 Å². The Labute approximate surface area is 243 Å². The highest BCUT2D eigenvalue weighted by molar-refractivity contribution is 5.87. The highest BCUT2D eigenvalue weighted by Crippen LogP contribution is 2.44. The second-order valence-electron chi connectivity index (χ2n) is 11.4. The number of carbonyl (C=O) groups excluding carboxylic acids is 2. The summed E-state index contributed by atoms with van der Waals surface area (Å²) in [5.41, 5.74) is 6.24. The summed E-state index contributed by atoms with van der Waals surface area (Å²) in [5.74, 6) is -0.0450. The van der Waals surface area contributed by atoms with Gasteiger partial charge in [-0.3, -0.25) is 5.32 Å². The molecule has 3 aromatic rings. The third-order valence-corrected chi connectivity index (χ3v) is 7.13. The van der Waals surface area contributed by atoms with Crippen molar-refractivity contribution in [2.45, 2.75) is 78.1 Å². The number of carbonyl (C=O) groups is 2. The smallest absolute Gasteiger partial charge is 0.411 e. The quantitative estimate of drug-likeness (QED) is 0.219. The van der Waals surface area contributed by atoms with E-state index in [4.69, 9.17) is 14.2 Å². The molecule has 3 aromatic carbocycles. The molecule has 7 heteroatoms. The monoisotopic (exact) mass is 558 g/mol. The van der Waals surface area contributed by atoms with Crippen LogP contribution in [0.3, 0.4) is 0 Å². The van der Waals surface area contributed by atoms with E-state index in [0.717, 1.165) is 42.4 Å². The van der Waals surface area contributed by atoms with Crippen LogP contribution >= 0.6 is 0 Å². The van der Waals surface area contributed by atoms with Gasteiger partial charge in [-0.2, -0.15) is 0 Å². The van der Waals surface area contributed by atoms with Crippen molar-refractivity contribution in [3.8, 4) is 11.1 Å². The molecule has 41 heavy (non-hydrogen) atoms. The van der Waals surface area contributed by atoms with E-state index < -0.39 is 12.2 Å². The third kappa shape index (κ3) is 8.33. The van der Waals surface area contributed by atoms with Crippen molar-refractivity contribution in [1.82, 2.24) is 5.32 Å². The summed E-state index contributed by atoms with van der Waals surface area (Å²) in [6.45, 7) is 9.13.